The summed E-state index contributed by atoms with van der Waals surface area (Å²) in [4.78, 5) is 33.7. The van der Waals surface area contributed by atoms with Crippen molar-refractivity contribution in [3.05, 3.63) is 64.9 Å². The molecule has 29 heavy (non-hydrogen) atoms. The fourth-order valence-electron chi connectivity index (χ4n) is 3.10. The summed E-state index contributed by atoms with van der Waals surface area (Å²) >= 11 is 2.64. The highest BCUT2D eigenvalue weighted by molar-refractivity contribution is 7.17. The Morgan fingerprint density at radius 2 is 1.93 bits per heavy atom. The zero-order chi connectivity index (χ0) is 19.8. The number of benzene rings is 1. The molecular formula is C20H14N6OS2. The third kappa shape index (κ3) is 3.30. The van der Waals surface area contributed by atoms with E-state index in [1.54, 1.807) is 18.5 Å². The van der Waals surface area contributed by atoms with E-state index < -0.39 is 0 Å². The number of carbonyl (C=O) groups excluding carboxylic acids is 1. The van der Waals surface area contributed by atoms with E-state index in [0.29, 0.717) is 20.8 Å². The zero-order valence-corrected chi connectivity index (χ0v) is 16.8. The second-order valence-electron chi connectivity index (χ2n) is 6.26. The molecule has 142 valence electrons. The van der Waals surface area contributed by atoms with Gasteiger partial charge in [0.15, 0.2) is 16.0 Å². The van der Waals surface area contributed by atoms with E-state index in [-0.39, 0.29) is 5.91 Å². The molecule has 1 amide bonds. The number of aryl methyl sites for hydroxylation is 1. The van der Waals surface area contributed by atoms with Crippen LogP contribution in [0.5, 0.6) is 0 Å². The summed E-state index contributed by atoms with van der Waals surface area (Å²) < 4.78 is 0. The SMILES string of the molecule is Cc1[nH]c2ccccc2c1-c1csc(NC(=O)c2cnc(-c3ncccn3)s2)n1. The predicted octanol–water partition coefficient (Wildman–Crippen LogP) is 4.77. The van der Waals surface area contributed by atoms with Gasteiger partial charge in [0.25, 0.3) is 5.91 Å². The molecule has 2 N–H and O–H groups in total. The van der Waals surface area contributed by atoms with Crippen LogP contribution < -0.4 is 5.32 Å². The van der Waals surface area contributed by atoms with Gasteiger partial charge < -0.3 is 4.98 Å². The first-order valence-corrected chi connectivity index (χ1v) is 10.5. The standard InChI is InChI=1S/C20H14N6OS2/c1-11-16(12-5-2-3-6-13(12)24-11)14-10-28-20(25-14)26-18(27)15-9-23-19(29-15)17-21-7-4-8-22-17/h2-10,24H,1H3,(H,25,26,27). The Hall–Kier alpha value is -3.43. The van der Waals surface area contributed by atoms with Gasteiger partial charge >= 0.3 is 0 Å². The predicted molar refractivity (Wildman–Crippen MR) is 115 cm³/mol. The summed E-state index contributed by atoms with van der Waals surface area (Å²) in [5, 5.41) is 7.07. The smallest absolute Gasteiger partial charge is 0.269 e. The highest BCUT2D eigenvalue weighted by Gasteiger charge is 2.17. The number of fused-ring (bicyclic) bond motifs is 1. The van der Waals surface area contributed by atoms with Gasteiger partial charge in [-0.05, 0) is 19.1 Å². The summed E-state index contributed by atoms with van der Waals surface area (Å²) in [5.74, 6) is 0.254. The fourth-order valence-corrected chi connectivity index (χ4v) is 4.56. The van der Waals surface area contributed by atoms with E-state index in [0.717, 1.165) is 27.9 Å². The lowest BCUT2D eigenvalue weighted by Crippen LogP contribution is -2.09. The summed E-state index contributed by atoms with van der Waals surface area (Å²) in [6, 6.07) is 9.85. The van der Waals surface area contributed by atoms with Crippen molar-refractivity contribution in [2.45, 2.75) is 6.92 Å². The Bertz CT molecular complexity index is 1320. The number of nitrogens with one attached hydrogen (secondary N) is 2. The second-order valence-corrected chi connectivity index (χ2v) is 8.15. The first kappa shape index (κ1) is 17.7. The summed E-state index contributed by atoms with van der Waals surface area (Å²) in [7, 11) is 0. The van der Waals surface area contributed by atoms with E-state index in [1.165, 1.54) is 28.9 Å². The lowest BCUT2D eigenvalue weighted by molar-refractivity contribution is 0.103. The maximum atomic E-state index is 12.6. The molecule has 4 heterocycles. The Kier molecular flexibility index (Phi) is 4.38. The lowest BCUT2D eigenvalue weighted by atomic mass is 10.1. The third-order valence-electron chi connectivity index (χ3n) is 4.36. The summed E-state index contributed by atoms with van der Waals surface area (Å²) in [6.07, 6.45) is 4.82. The van der Waals surface area contributed by atoms with Gasteiger partial charge in [-0.15, -0.1) is 22.7 Å². The number of nitrogens with zero attached hydrogens (tertiary/aromatic N) is 4. The average molecular weight is 419 g/mol. The molecule has 9 heteroatoms. The van der Waals surface area contributed by atoms with Gasteiger partial charge in [-0.3, -0.25) is 10.1 Å². The van der Waals surface area contributed by atoms with Gasteiger partial charge in [0.2, 0.25) is 0 Å². The van der Waals surface area contributed by atoms with Crippen LogP contribution in [0.4, 0.5) is 5.13 Å². The van der Waals surface area contributed by atoms with Gasteiger partial charge in [-0.25, -0.2) is 19.9 Å². The van der Waals surface area contributed by atoms with Gasteiger partial charge in [-0.1, -0.05) is 18.2 Å². The Labute approximate surface area is 173 Å². The zero-order valence-electron chi connectivity index (χ0n) is 15.2. The lowest BCUT2D eigenvalue weighted by Gasteiger charge is -1.99. The maximum Gasteiger partial charge on any atom is 0.269 e. The minimum absolute atomic E-state index is 0.249. The first-order valence-electron chi connectivity index (χ1n) is 8.77. The molecule has 0 spiro atoms. The molecule has 0 bridgehead atoms. The highest BCUT2D eigenvalue weighted by Crippen LogP contribution is 2.34. The van der Waals surface area contributed by atoms with Crippen molar-refractivity contribution in [2.24, 2.45) is 0 Å². The molecule has 1 aromatic carbocycles. The molecule has 0 unspecified atom stereocenters. The van der Waals surface area contributed by atoms with Crippen LogP contribution in [0.1, 0.15) is 15.4 Å². The normalized spacial score (nSPS) is 11.1. The highest BCUT2D eigenvalue weighted by atomic mass is 32.1. The number of hydrogen-bond donors (Lipinski definition) is 2. The number of hydrogen-bond acceptors (Lipinski definition) is 7. The largest absolute Gasteiger partial charge is 0.358 e. The number of aromatic nitrogens is 5. The van der Waals surface area contributed by atoms with Gasteiger partial charge in [0, 0.05) is 39.9 Å². The van der Waals surface area contributed by atoms with Crippen LogP contribution in [0.15, 0.2) is 54.3 Å². The van der Waals surface area contributed by atoms with Crippen molar-refractivity contribution >= 4 is 44.6 Å². The molecule has 5 rings (SSSR count). The Morgan fingerprint density at radius 3 is 2.79 bits per heavy atom. The quantitative estimate of drug-likeness (QED) is 0.438. The minimum Gasteiger partial charge on any atom is -0.358 e. The molecule has 0 aliphatic rings. The number of carbonyl (C=O) groups is 1. The van der Waals surface area contributed by atoms with Crippen LogP contribution in [0, 0.1) is 6.92 Å². The molecular weight excluding hydrogens is 404 g/mol. The van der Waals surface area contributed by atoms with Crippen molar-refractivity contribution in [3.8, 4) is 22.1 Å². The number of H-pyrrole nitrogens is 1. The number of rotatable bonds is 4. The maximum absolute atomic E-state index is 12.6. The molecule has 0 fully saturated rings. The van der Waals surface area contributed by atoms with Crippen LogP contribution in [0.25, 0.3) is 33.0 Å². The molecule has 0 saturated carbocycles. The van der Waals surface area contributed by atoms with Gasteiger partial charge in [0.1, 0.15) is 4.88 Å². The first-order chi connectivity index (χ1) is 14.2. The number of thiazole rings is 2. The Morgan fingerprint density at radius 1 is 1.10 bits per heavy atom. The fraction of sp³-hybridized carbons (Fsp3) is 0.0500. The van der Waals surface area contributed by atoms with Gasteiger partial charge in [0.05, 0.1) is 11.9 Å². The topological polar surface area (TPSA) is 96.5 Å². The van der Waals surface area contributed by atoms with Crippen LogP contribution in [-0.2, 0) is 0 Å². The van der Waals surface area contributed by atoms with Gasteiger partial charge in [-0.2, -0.15) is 0 Å². The van der Waals surface area contributed by atoms with Crippen LogP contribution in [0.3, 0.4) is 0 Å². The van der Waals surface area contributed by atoms with Crippen LogP contribution in [-0.4, -0.2) is 30.8 Å². The third-order valence-corrected chi connectivity index (χ3v) is 6.11. The number of amides is 1. The number of aromatic amines is 1. The van der Waals surface area contributed by atoms with E-state index in [1.807, 2.05) is 30.5 Å². The summed E-state index contributed by atoms with van der Waals surface area (Å²) in [6.45, 7) is 2.03. The minimum atomic E-state index is -0.249. The number of anilines is 1. The average Bonchev–Trinajstić information content (AvgIpc) is 3.46. The molecule has 7 nitrogen and oxygen atoms in total. The van der Waals surface area contributed by atoms with E-state index in [9.17, 15) is 4.79 Å². The van der Waals surface area contributed by atoms with Crippen molar-refractivity contribution in [1.82, 2.24) is 24.9 Å². The second kappa shape index (κ2) is 7.19. The van der Waals surface area contributed by atoms with E-state index in [4.69, 9.17) is 0 Å². The van der Waals surface area contributed by atoms with E-state index >= 15 is 0 Å². The van der Waals surface area contributed by atoms with Crippen molar-refractivity contribution in [2.75, 3.05) is 5.32 Å². The molecule has 5 aromatic rings. The van der Waals surface area contributed by atoms with E-state index in [2.05, 4.69) is 36.3 Å². The molecule has 0 aliphatic carbocycles. The van der Waals surface area contributed by atoms with Crippen molar-refractivity contribution in [1.29, 1.82) is 0 Å². The molecule has 0 atom stereocenters. The molecule has 0 aliphatic heterocycles. The van der Waals surface area contributed by atoms with Crippen LogP contribution >= 0.6 is 22.7 Å². The summed E-state index contributed by atoms with van der Waals surface area (Å²) in [5.41, 5.74) is 4.00. The molecule has 0 radical (unpaired) electrons. The Balaban J connectivity index is 1.38. The van der Waals surface area contributed by atoms with Crippen molar-refractivity contribution in [3.63, 3.8) is 0 Å². The number of para-hydroxylation sites is 1. The van der Waals surface area contributed by atoms with Crippen molar-refractivity contribution < 1.29 is 4.79 Å². The van der Waals surface area contributed by atoms with Crippen LogP contribution in [0.2, 0.25) is 0 Å². The molecule has 4 aromatic heterocycles. The monoisotopic (exact) mass is 418 g/mol. The molecule has 0 saturated heterocycles.